The van der Waals surface area contributed by atoms with E-state index in [9.17, 15) is 9.59 Å². The summed E-state index contributed by atoms with van der Waals surface area (Å²) in [6, 6.07) is 14.3. The molecule has 3 aromatic rings. The maximum atomic E-state index is 12.9. The lowest BCUT2D eigenvalue weighted by atomic mass is 10.1. The Labute approximate surface area is 180 Å². The monoisotopic (exact) mass is 425 g/mol. The zero-order chi connectivity index (χ0) is 21.8. The van der Waals surface area contributed by atoms with Crippen LogP contribution < -0.4 is 16.4 Å². The Bertz CT molecular complexity index is 1060. The highest BCUT2D eigenvalue weighted by Gasteiger charge is 2.22. The van der Waals surface area contributed by atoms with Crippen molar-refractivity contribution in [2.24, 2.45) is 5.73 Å². The van der Waals surface area contributed by atoms with Crippen LogP contribution in [0.15, 0.2) is 48.5 Å². The molecule has 8 heteroatoms. The van der Waals surface area contributed by atoms with Crippen molar-refractivity contribution < 1.29 is 9.59 Å². The van der Waals surface area contributed by atoms with E-state index in [4.69, 9.17) is 17.3 Å². The number of aromatic nitrogens is 2. The molecule has 2 aromatic carbocycles. The Morgan fingerprint density at radius 3 is 2.33 bits per heavy atom. The first kappa shape index (κ1) is 21.4. The molecular weight excluding hydrogens is 402 g/mol. The minimum atomic E-state index is -0.628. The topological polar surface area (TPSA) is 102 Å². The lowest BCUT2D eigenvalue weighted by molar-refractivity contribution is 0.0939. The van der Waals surface area contributed by atoms with Crippen LogP contribution in [0, 0.1) is 13.8 Å². The lowest BCUT2D eigenvalue weighted by Crippen LogP contribution is -2.27. The van der Waals surface area contributed by atoms with E-state index in [1.165, 1.54) is 5.56 Å². The summed E-state index contributed by atoms with van der Waals surface area (Å²) in [5.74, 6) is -0.292. The van der Waals surface area contributed by atoms with Gasteiger partial charge in [-0.2, -0.15) is 5.10 Å². The van der Waals surface area contributed by atoms with Crippen molar-refractivity contribution in [1.29, 1.82) is 0 Å². The van der Waals surface area contributed by atoms with E-state index in [1.54, 1.807) is 23.7 Å². The molecule has 1 aromatic heterocycles. The van der Waals surface area contributed by atoms with E-state index in [0.717, 1.165) is 11.1 Å². The first-order valence-electron chi connectivity index (χ1n) is 9.50. The number of nitrogens with one attached hydrogen (secondary N) is 2. The van der Waals surface area contributed by atoms with Crippen molar-refractivity contribution in [3.05, 3.63) is 81.6 Å². The van der Waals surface area contributed by atoms with Crippen molar-refractivity contribution in [2.75, 3.05) is 5.32 Å². The number of rotatable bonds is 6. The third-order valence-electron chi connectivity index (χ3n) is 4.77. The zero-order valence-corrected chi connectivity index (χ0v) is 17.8. The molecule has 0 spiro atoms. The molecule has 0 saturated heterocycles. The molecule has 0 aliphatic rings. The van der Waals surface area contributed by atoms with Gasteiger partial charge in [0, 0.05) is 5.69 Å². The number of amides is 3. The molecule has 3 amide bonds. The highest BCUT2D eigenvalue weighted by molar-refractivity contribution is 6.33. The van der Waals surface area contributed by atoms with Gasteiger partial charge in [-0.15, -0.1) is 0 Å². The van der Waals surface area contributed by atoms with Gasteiger partial charge < -0.3 is 16.4 Å². The first-order valence-corrected chi connectivity index (χ1v) is 9.88. The average molecular weight is 426 g/mol. The number of nitrogens with two attached hydrogens (primary N) is 1. The Kier molecular flexibility index (Phi) is 6.42. The average Bonchev–Trinajstić information content (AvgIpc) is 2.96. The molecular formula is C22H24ClN5O2. The standard InChI is InChI=1S/C22H24ClN5O2/c1-13-4-6-16(7-5-13)12-28-20(23)19(15(3)27-28)21(29)25-14(2)17-8-10-18(11-9-17)26-22(24)30/h4-11,14H,12H2,1-3H3,(H,25,29)(H3,24,26,30). The minimum Gasteiger partial charge on any atom is -0.351 e. The molecule has 0 aliphatic heterocycles. The first-order chi connectivity index (χ1) is 14.2. The molecule has 1 atom stereocenters. The summed E-state index contributed by atoms with van der Waals surface area (Å²) in [7, 11) is 0. The number of carbonyl (C=O) groups excluding carboxylic acids is 2. The molecule has 1 unspecified atom stereocenters. The van der Waals surface area contributed by atoms with Gasteiger partial charge in [0.25, 0.3) is 5.91 Å². The third kappa shape index (κ3) is 4.99. The summed E-state index contributed by atoms with van der Waals surface area (Å²) in [5.41, 5.74) is 9.73. The molecule has 7 nitrogen and oxygen atoms in total. The second-order valence-corrected chi connectivity index (χ2v) is 7.56. The number of nitrogens with zero attached hydrogens (tertiary/aromatic N) is 2. The van der Waals surface area contributed by atoms with Gasteiger partial charge in [-0.3, -0.25) is 4.79 Å². The highest BCUT2D eigenvalue weighted by Crippen LogP contribution is 2.23. The van der Waals surface area contributed by atoms with Crippen LogP contribution in [0.4, 0.5) is 10.5 Å². The summed E-state index contributed by atoms with van der Waals surface area (Å²) in [4.78, 5) is 23.8. The van der Waals surface area contributed by atoms with Crippen LogP contribution in [0.25, 0.3) is 0 Å². The predicted octanol–water partition coefficient (Wildman–Crippen LogP) is 4.18. The fraction of sp³-hybridized carbons (Fsp3) is 0.227. The van der Waals surface area contributed by atoms with Crippen molar-refractivity contribution in [3.63, 3.8) is 0 Å². The maximum absolute atomic E-state index is 12.9. The van der Waals surface area contributed by atoms with E-state index in [0.29, 0.717) is 28.6 Å². The molecule has 3 rings (SSSR count). The van der Waals surface area contributed by atoms with E-state index in [-0.39, 0.29) is 11.9 Å². The molecule has 0 radical (unpaired) electrons. The second kappa shape index (κ2) is 9.00. The molecule has 0 bridgehead atoms. The smallest absolute Gasteiger partial charge is 0.316 e. The number of halogens is 1. The largest absolute Gasteiger partial charge is 0.351 e. The van der Waals surface area contributed by atoms with Crippen LogP contribution in [0.3, 0.4) is 0 Å². The SMILES string of the molecule is Cc1ccc(Cn2nc(C)c(C(=O)NC(C)c3ccc(NC(N)=O)cc3)c2Cl)cc1. The number of anilines is 1. The number of urea groups is 1. The lowest BCUT2D eigenvalue weighted by Gasteiger charge is -2.15. The molecule has 4 N–H and O–H groups in total. The van der Waals surface area contributed by atoms with Crippen LogP contribution in [-0.2, 0) is 6.54 Å². The Balaban J connectivity index is 1.72. The Hall–Kier alpha value is -3.32. The number of hydrogen-bond donors (Lipinski definition) is 3. The zero-order valence-electron chi connectivity index (χ0n) is 17.1. The third-order valence-corrected chi connectivity index (χ3v) is 5.16. The molecule has 30 heavy (non-hydrogen) atoms. The van der Waals surface area contributed by atoms with Gasteiger partial charge >= 0.3 is 6.03 Å². The van der Waals surface area contributed by atoms with Crippen molar-refractivity contribution in [1.82, 2.24) is 15.1 Å². The van der Waals surface area contributed by atoms with Crippen LogP contribution in [-0.4, -0.2) is 21.7 Å². The van der Waals surface area contributed by atoms with E-state index in [2.05, 4.69) is 15.7 Å². The van der Waals surface area contributed by atoms with Gasteiger partial charge in [0.05, 0.1) is 23.8 Å². The van der Waals surface area contributed by atoms with Gasteiger partial charge in [-0.1, -0.05) is 53.6 Å². The fourth-order valence-electron chi connectivity index (χ4n) is 3.13. The van der Waals surface area contributed by atoms with Gasteiger partial charge in [0.2, 0.25) is 0 Å². The highest BCUT2D eigenvalue weighted by atomic mass is 35.5. The molecule has 0 saturated carbocycles. The molecule has 0 fully saturated rings. The summed E-state index contributed by atoms with van der Waals surface area (Å²) in [6.07, 6.45) is 0. The fourth-order valence-corrected chi connectivity index (χ4v) is 3.45. The normalized spacial score (nSPS) is 11.7. The van der Waals surface area contributed by atoms with Crippen molar-refractivity contribution in [3.8, 4) is 0 Å². The van der Waals surface area contributed by atoms with E-state index < -0.39 is 6.03 Å². The Morgan fingerprint density at radius 2 is 1.73 bits per heavy atom. The van der Waals surface area contributed by atoms with Gasteiger partial charge in [0.15, 0.2) is 0 Å². The van der Waals surface area contributed by atoms with Crippen molar-refractivity contribution in [2.45, 2.75) is 33.4 Å². The second-order valence-electron chi connectivity index (χ2n) is 7.20. The van der Waals surface area contributed by atoms with Gasteiger partial charge in [-0.25, -0.2) is 9.48 Å². The molecule has 1 heterocycles. The minimum absolute atomic E-state index is 0.268. The van der Waals surface area contributed by atoms with E-state index in [1.807, 2.05) is 50.2 Å². The summed E-state index contributed by atoms with van der Waals surface area (Å²) < 4.78 is 1.63. The molecule has 0 aliphatic carbocycles. The number of hydrogen-bond acceptors (Lipinski definition) is 3. The van der Waals surface area contributed by atoms with Crippen molar-refractivity contribution >= 4 is 29.2 Å². The Morgan fingerprint density at radius 1 is 1.10 bits per heavy atom. The predicted molar refractivity (Wildman–Crippen MR) is 118 cm³/mol. The summed E-state index contributed by atoms with van der Waals surface area (Å²) in [5, 5.41) is 10.2. The van der Waals surface area contributed by atoms with Crippen LogP contribution in [0.2, 0.25) is 5.15 Å². The summed E-state index contributed by atoms with van der Waals surface area (Å²) in [6.45, 7) is 6.15. The molecule has 156 valence electrons. The number of benzene rings is 2. The summed E-state index contributed by atoms with van der Waals surface area (Å²) >= 11 is 6.49. The van der Waals surface area contributed by atoms with Crippen LogP contribution in [0.1, 0.15) is 45.7 Å². The van der Waals surface area contributed by atoms with Crippen LogP contribution in [0.5, 0.6) is 0 Å². The number of carbonyl (C=O) groups is 2. The van der Waals surface area contributed by atoms with Crippen LogP contribution >= 0.6 is 11.6 Å². The number of aryl methyl sites for hydroxylation is 2. The quantitative estimate of drug-likeness (QED) is 0.551. The maximum Gasteiger partial charge on any atom is 0.316 e. The van der Waals surface area contributed by atoms with E-state index >= 15 is 0 Å². The van der Waals surface area contributed by atoms with Gasteiger partial charge in [0.1, 0.15) is 5.15 Å². The van der Waals surface area contributed by atoms with Gasteiger partial charge in [-0.05, 0) is 44.0 Å². The number of primary amides is 1.